The van der Waals surface area contributed by atoms with Crippen LogP contribution >= 0.6 is 11.3 Å². The van der Waals surface area contributed by atoms with E-state index >= 15 is 0 Å². The smallest absolute Gasteiger partial charge is 0.279 e. The zero-order valence-corrected chi connectivity index (χ0v) is 21.6. The van der Waals surface area contributed by atoms with Gasteiger partial charge < -0.3 is 14.0 Å². The van der Waals surface area contributed by atoms with E-state index in [0.29, 0.717) is 56.4 Å². The molecule has 0 saturated carbocycles. The highest BCUT2D eigenvalue weighted by atomic mass is 32.2. The number of hydrogen-bond acceptors (Lipinski definition) is 6. The van der Waals surface area contributed by atoms with Gasteiger partial charge in [0.25, 0.3) is 5.91 Å². The maximum Gasteiger partial charge on any atom is 0.279 e. The van der Waals surface area contributed by atoms with Crippen molar-refractivity contribution in [2.45, 2.75) is 18.4 Å². The fourth-order valence-corrected chi connectivity index (χ4v) is 6.85. The Morgan fingerprint density at radius 2 is 1.81 bits per heavy atom. The second kappa shape index (κ2) is 10.6. The summed E-state index contributed by atoms with van der Waals surface area (Å²) in [5, 5.41) is 2.23. The highest BCUT2D eigenvalue weighted by Gasteiger charge is 2.26. The van der Waals surface area contributed by atoms with E-state index in [1.54, 1.807) is 0 Å². The average Bonchev–Trinajstić information content (AvgIpc) is 3.26. The summed E-state index contributed by atoms with van der Waals surface area (Å²) in [6.07, 6.45) is 0. The zero-order chi connectivity index (χ0) is 25.1. The van der Waals surface area contributed by atoms with Crippen LogP contribution in [0.2, 0.25) is 0 Å². The van der Waals surface area contributed by atoms with Gasteiger partial charge in [0, 0.05) is 37.2 Å². The van der Waals surface area contributed by atoms with Gasteiger partial charge in [0.15, 0.2) is 4.80 Å². The molecule has 0 aliphatic carbocycles. The minimum atomic E-state index is -3.63. The standard InChI is InChI=1S/C26H27N3O5S2/c1-2-33-18-15-29-23-12-9-19-5-3-4-6-22(19)24(23)35-26(29)27-25(30)20-7-10-21(11-8-20)36(31,32)28-13-16-34-17-14-28/h3-12H,2,13-18H2,1H3. The van der Waals surface area contributed by atoms with Crippen molar-refractivity contribution in [3.63, 3.8) is 0 Å². The lowest BCUT2D eigenvalue weighted by Gasteiger charge is -2.26. The minimum Gasteiger partial charge on any atom is -0.380 e. The van der Waals surface area contributed by atoms with Crippen LogP contribution in [0.1, 0.15) is 17.3 Å². The number of ether oxygens (including phenoxy) is 2. The van der Waals surface area contributed by atoms with E-state index in [1.807, 2.05) is 23.6 Å². The van der Waals surface area contributed by atoms with E-state index in [0.717, 1.165) is 21.0 Å². The Morgan fingerprint density at radius 3 is 2.56 bits per heavy atom. The van der Waals surface area contributed by atoms with Gasteiger partial charge in [-0.3, -0.25) is 4.79 Å². The molecular formula is C26H27N3O5S2. The molecule has 5 rings (SSSR count). The SMILES string of the molecule is CCOCCn1c(=NC(=O)c2ccc(S(=O)(=O)N3CCOCC3)cc2)sc2c3ccccc3ccc21. The maximum absolute atomic E-state index is 13.1. The Balaban J connectivity index is 1.50. The first-order chi connectivity index (χ1) is 17.5. The Kier molecular flexibility index (Phi) is 7.31. The fraction of sp³-hybridized carbons (Fsp3) is 0.308. The fourth-order valence-electron chi connectivity index (χ4n) is 4.26. The third kappa shape index (κ3) is 4.87. The largest absolute Gasteiger partial charge is 0.380 e. The van der Waals surface area contributed by atoms with Crippen molar-refractivity contribution in [3.05, 3.63) is 71.0 Å². The highest BCUT2D eigenvalue weighted by Crippen LogP contribution is 2.27. The molecule has 1 fully saturated rings. The van der Waals surface area contributed by atoms with Crippen LogP contribution in [0.5, 0.6) is 0 Å². The third-order valence-corrected chi connectivity index (χ3v) is 9.18. The molecule has 188 valence electrons. The molecule has 1 aliphatic rings. The number of aromatic nitrogens is 1. The number of thiazole rings is 1. The van der Waals surface area contributed by atoms with Crippen LogP contribution in [0, 0.1) is 0 Å². The van der Waals surface area contributed by atoms with Crippen molar-refractivity contribution in [2.24, 2.45) is 4.99 Å². The summed E-state index contributed by atoms with van der Waals surface area (Å²) < 4.78 is 41.1. The predicted molar refractivity (Wildman–Crippen MR) is 140 cm³/mol. The highest BCUT2D eigenvalue weighted by molar-refractivity contribution is 7.89. The normalized spacial score (nSPS) is 15.6. The van der Waals surface area contributed by atoms with Gasteiger partial charge in [-0.1, -0.05) is 41.7 Å². The monoisotopic (exact) mass is 525 g/mol. The second-order valence-corrected chi connectivity index (χ2v) is 11.2. The molecular weight excluding hydrogens is 498 g/mol. The summed E-state index contributed by atoms with van der Waals surface area (Å²) in [5.41, 5.74) is 1.33. The van der Waals surface area contributed by atoms with E-state index in [9.17, 15) is 13.2 Å². The number of fused-ring (bicyclic) bond motifs is 3. The maximum atomic E-state index is 13.1. The third-order valence-electron chi connectivity index (χ3n) is 6.14. The van der Waals surface area contributed by atoms with E-state index in [4.69, 9.17) is 9.47 Å². The molecule has 3 aromatic carbocycles. The molecule has 0 atom stereocenters. The van der Waals surface area contributed by atoms with Gasteiger partial charge in [0.05, 0.1) is 34.9 Å². The number of sulfonamides is 1. The van der Waals surface area contributed by atoms with Crippen molar-refractivity contribution in [1.82, 2.24) is 8.87 Å². The predicted octanol–water partition coefficient (Wildman–Crippen LogP) is 3.65. The molecule has 8 nitrogen and oxygen atoms in total. The number of hydrogen-bond donors (Lipinski definition) is 0. The number of morpholine rings is 1. The van der Waals surface area contributed by atoms with Gasteiger partial charge in [-0.25, -0.2) is 8.42 Å². The summed E-state index contributed by atoms with van der Waals surface area (Å²) in [4.78, 5) is 18.3. The Morgan fingerprint density at radius 1 is 1.06 bits per heavy atom. The number of rotatable bonds is 7. The molecule has 1 saturated heterocycles. The number of amides is 1. The molecule has 0 bridgehead atoms. The van der Waals surface area contributed by atoms with Gasteiger partial charge in [-0.05, 0) is 42.6 Å². The van der Waals surface area contributed by atoms with Crippen molar-refractivity contribution in [2.75, 3.05) is 39.5 Å². The Bertz CT molecular complexity index is 1570. The molecule has 36 heavy (non-hydrogen) atoms. The van der Waals surface area contributed by atoms with Crippen LogP contribution in [0.25, 0.3) is 21.0 Å². The number of carbonyl (C=O) groups is 1. The molecule has 1 aromatic heterocycles. The lowest BCUT2D eigenvalue weighted by atomic mass is 10.1. The summed E-state index contributed by atoms with van der Waals surface area (Å²) in [7, 11) is -3.63. The number of nitrogens with zero attached hydrogens (tertiary/aromatic N) is 3. The van der Waals surface area contributed by atoms with Crippen molar-refractivity contribution >= 4 is 48.3 Å². The van der Waals surface area contributed by atoms with E-state index in [-0.39, 0.29) is 4.90 Å². The molecule has 2 heterocycles. The van der Waals surface area contributed by atoms with E-state index in [2.05, 4.69) is 29.3 Å². The summed E-state index contributed by atoms with van der Waals surface area (Å²) in [6, 6.07) is 18.2. The van der Waals surface area contributed by atoms with Crippen molar-refractivity contribution < 1.29 is 22.7 Å². The van der Waals surface area contributed by atoms with Crippen molar-refractivity contribution in [3.8, 4) is 0 Å². The van der Waals surface area contributed by atoms with Crippen LogP contribution in [0.4, 0.5) is 0 Å². The molecule has 4 aromatic rings. The molecule has 0 unspecified atom stereocenters. The number of benzene rings is 3. The molecule has 1 aliphatic heterocycles. The van der Waals surface area contributed by atoms with Gasteiger partial charge in [-0.2, -0.15) is 9.30 Å². The topological polar surface area (TPSA) is 90.2 Å². The van der Waals surface area contributed by atoms with Crippen LogP contribution in [0.3, 0.4) is 0 Å². The van der Waals surface area contributed by atoms with Gasteiger partial charge >= 0.3 is 0 Å². The Hall–Kier alpha value is -2.89. The van der Waals surface area contributed by atoms with E-state index < -0.39 is 15.9 Å². The first-order valence-corrected chi connectivity index (χ1v) is 14.1. The number of carbonyl (C=O) groups excluding carboxylic acids is 1. The Labute approximate surface area is 213 Å². The minimum absolute atomic E-state index is 0.154. The first-order valence-electron chi connectivity index (χ1n) is 11.8. The first kappa shape index (κ1) is 24.8. The quantitative estimate of drug-likeness (QED) is 0.344. The van der Waals surface area contributed by atoms with Crippen LogP contribution in [-0.2, 0) is 26.0 Å². The molecule has 10 heteroatoms. The summed E-state index contributed by atoms with van der Waals surface area (Å²) in [5.74, 6) is -0.425. The molecule has 1 amide bonds. The lowest BCUT2D eigenvalue weighted by Crippen LogP contribution is -2.40. The van der Waals surface area contributed by atoms with Crippen molar-refractivity contribution in [1.29, 1.82) is 0 Å². The second-order valence-electron chi connectivity index (χ2n) is 8.33. The molecule has 0 radical (unpaired) electrons. The van der Waals surface area contributed by atoms with E-state index in [1.165, 1.54) is 39.9 Å². The summed E-state index contributed by atoms with van der Waals surface area (Å²) in [6.45, 7) is 5.02. The van der Waals surface area contributed by atoms with Gasteiger partial charge in [0.1, 0.15) is 0 Å². The molecule has 0 N–H and O–H groups in total. The van der Waals surface area contributed by atoms with Crippen LogP contribution in [-0.4, -0.2) is 62.7 Å². The molecule has 0 spiro atoms. The van der Waals surface area contributed by atoms with Gasteiger partial charge in [-0.15, -0.1) is 0 Å². The summed E-state index contributed by atoms with van der Waals surface area (Å²) >= 11 is 1.47. The van der Waals surface area contributed by atoms with Gasteiger partial charge in [0.2, 0.25) is 10.0 Å². The lowest BCUT2D eigenvalue weighted by molar-refractivity contribution is 0.0730. The average molecular weight is 526 g/mol. The van der Waals surface area contributed by atoms with Crippen LogP contribution in [0.15, 0.2) is 70.6 Å². The van der Waals surface area contributed by atoms with Crippen LogP contribution < -0.4 is 4.80 Å². The zero-order valence-electron chi connectivity index (χ0n) is 19.9.